The third-order valence-electron chi connectivity index (χ3n) is 3.77. The van der Waals surface area contributed by atoms with Gasteiger partial charge in [0.1, 0.15) is 0 Å². The predicted molar refractivity (Wildman–Crippen MR) is 77.7 cm³/mol. The SMILES string of the molecule is CC1=C(C)C[C@@H](C(=O)Nc2nc(C)cs2)[C@@H](C(=O)O)C1. The molecule has 2 atom stereocenters. The zero-order chi connectivity index (χ0) is 14.9. The molecule has 0 saturated carbocycles. The molecular formula is C14H18N2O3S. The Kier molecular flexibility index (Phi) is 4.23. The van der Waals surface area contributed by atoms with Crippen molar-refractivity contribution >= 4 is 28.3 Å². The van der Waals surface area contributed by atoms with Crippen LogP contribution in [0.1, 0.15) is 32.4 Å². The summed E-state index contributed by atoms with van der Waals surface area (Å²) in [6.07, 6.45) is 0.940. The van der Waals surface area contributed by atoms with Crippen LogP contribution in [0, 0.1) is 18.8 Å². The minimum Gasteiger partial charge on any atom is -0.481 e. The number of carboxylic acid groups (broad SMARTS) is 1. The van der Waals surface area contributed by atoms with Crippen LogP contribution in [0.2, 0.25) is 0 Å². The Balaban J connectivity index is 2.16. The van der Waals surface area contributed by atoms with Crippen molar-refractivity contribution in [3.05, 3.63) is 22.2 Å². The van der Waals surface area contributed by atoms with Crippen LogP contribution >= 0.6 is 11.3 Å². The fourth-order valence-electron chi connectivity index (χ4n) is 2.44. The summed E-state index contributed by atoms with van der Waals surface area (Å²) >= 11 is 1.35. The Labute approximate surface area is 121 Å². The highest BCUT2D eigenvalue weighted by molar-refractivity contribution is 7.13. The molecule has 0 spiro atoms. The van der Waals surface area contributed by atoms with Gasteiger partial charge in [-0.2, -0.15) is 0 Å². The summed E-state index contributed by atoms with van der Waals surface area (Å²) in [5.41, 5.74) is 3.03. The van der Waals surface area contributed by atoms with Crippen molar-refractivity contribution in [1.29, 1.82) is 0 Å². The molecule has 6 heteroatoms. The number of aromatic nitrogens is 1. The van der Waals surface area contributed by atoms with Gasteiger partial charge in [-0.25, -0.2) is 4.98 Å². The van der Waals surface area contributed by atoms with Gasteiger partial charge in [-0.1, -0.05) is 11.1 Å². The number of nitrogens with one attached hydrogen (secondary N) is 1. The largest absolute Gasteiger partial charge is 0.481 e. The molecule has 1 aliphatic rings. The van der Waals surface area contributed by atoms with E-state index in [1.807, 2.05) is 26.2 Å². The Morgan fingerprint density at radius 1 is 1.25 bits per heavy atom. The molecule has 20 heavy (non-hydrogen) atoms. The van der Waals surface area contributed by atoms with Gasteiger partial charge < -0.3 is 10.4 Å². The second-order valence-electron chi connectivity index (χ2n) is 5.30. The monoisotopic (exact) mass is 294 g/mol. The molecular weight excluding hydrogens is 276 g/mol. The summed E-state index contributed by atoms with van der Waals surface area (Å²) in [5, 5.41) is 14.4. The number of amides is 1. The number of allylic oxidation sites excluding steroid dienone is 2. The highest BCUT2D eigenvalue weighted by Crippen LogP contribution is 2.35. The van der Waals surface area contributed by atoms with E-state index >= 15 is 0 Å². The number of hydrogen-bond acceptors (Lipinski definition) is 4. The van der Waals surface area contributed by atoms with Crippen LogP contribution in [0.25, 0.3) is 0 Å². The average molecular weight is 294 g/mol. The van der Waals surface area contributed by atoms with Crippen molar-refractivity contribution in [2.75, 3.05) is 5.32 Å². The molecule has 5 nitrogen and oxygen atoms in total. The minimum absolute atomic E-state index is 0.251. The molecule has 0 saturated heterocycles. The lowest BCUT2D eigenvalue weighted by molar-refractivity contribution is -0.146. The van der Waals surface area contributed by atoms with Gasteiger partial charge in [-0.15, -0.1) is 11.3 Å². The Bertz CT molecular complexity index is 577. The first-order chi connectivity index (χ1) is 9.38. The first kappa shape index (κ1) is 14.7. The lowest BCUT2D eigenvalue weighted by Gasteiger charge is -2.29. The van der Waals surface area contributed by atoms with Gasteiger partial charge in [0.25, 0.3) is 0 Å². The van der Waals surface area contributed by atoms with Crippen LogP contribution in [-0.4, -0.2) is 22.0 Å². The lowest BCUT2D eigenvalue weighted by Crippen LogP contribution is -2.36. The maximum Gasteiger partial charge on any atom is 0.307 e. The second-order valence-corrected chi connectivity index (χ2v) is 6.16. The van der Waals surface area contributed by atoms with Crippen LogP contribution in [-0.2, 0) is 9.59 Å². The first-order valence-corrected chi connectivity index (χ1v) is 7.37. The molecule has 1 heterocycles. The van der Waals surface area contributed by atoms with Gasteiger partial charge >= 0.3 is 5.97 Å². The van der Waals surface area contributed by atoms with Gasteiger partial charge in [0, 0.05) is 5.38 Å². The standard InChI is InChI=1S/C14H18N2O3S/c1-7-4-10(11(13(18)19)5-8(7)2)12(17)16-14-15-9(3)6-20-14/h6,10-11H,4-5H2,1-3H3,(H,18,19)(H,15,16,17)/t10-,11+/m1/s1. The van der Waals surface area contributed by atoms with E-state index in [1.54, 1.807) is 0 Å². The van der Waals surface area contributed by atoms with E-state index < -0.39 is 17.8 Å². The molecule has 2 N–H and O–H groups in total. The van der Waals surface area contributed by atoms with Crippen molar-refractivity contribution in [1.82, 2.24) is 4.98 Å². The van der Waals surface area contributed by atoms with E-state index in [4.69, 9.17) is 0 Å². The number of nitrogens with zero attached hydrogens (tertiary/aromatic N) is 1. The molecule has 0 unspecified atom stereocenters. The number of thiazole rings is 1. The van der Waals surface area contributed by atoms with E-state index in [0.717, 1.165) is 16.8 Å². The fourth-order valence-corrected chi connectivity index (χ4v) is 3.13. The van der Waals surface area contributed by atoms with Crippen LogP contribution < -0.4 is 5.32 Å². The summed E-state index contributed by atoms with van der Waals surface area (Å²) in [5.74, 6) is -2.34. The number of anilines is 1. The summed E-state index contributed by atoms with van der Waals surface area (Å²) in [6, 6.07) is 0. The second kappa shape index (κ2) is 5.75. The number of aliphatic carboxylic acids is 1. The Morgan fingerprint density at radius 3 is 2.35 bits per heavy atom. The van der Waals surface area contributed by atoms with E-state index in [0.29, 0.717) is 18.0 Å². The van der Waals surface area contributed by atoms with Crippen molar-refractivity contribution in [2.24, 2.45) is 11.8 Å². The number of hydrogen-bond donors (Lipinski definition) is 2. The summed E-state index contributed by atoms with van der Waals surface area (Å²) in [7, 11) is 0. The normalized spacial score (nSPS) is 22.8. The van der Waals surface area contributed by atoms with Crippen LogP contribution in [0.5, 0.6) is 0 Å². The van der Waals surface area contributed by atoms with Gasteiger partial charge in [-0.05, 0) is 33.6 Å². The van der Waals surface area contributed by atoms with Crippen LogP contribution in [0.15, 0.2) is 16.5 Å². The fraction of sp³-hybridized carbons (Fsp3) is 0.500. The van der Waals surface area contributed by atoms with Gasteiger partial charge in [0.05, 0.1) is 17.5 Å². The molecule has 1 aliphatic carbocycles. The zero-order valence-electron chi connectivity index (χ0n) is 11.8. The summed E-state index contributed by atoms with van der Waals surface area (Å²) in [4.78, 5) is 27.9. The average Bonchev–Trinajstić information content (AvgIpc) is 2.77. The maximum atomic E-state index is 12.3. The van der Waals surface area contributed by atoms with E-state index in [9.17, 15) is 14.7 Å². The first-order valence-electron chi connectivity index (χ1n) is 6.49. The van der Waals surface area contributed by atoms with Crippen molar-refractivity contribution in [2.45, 2.75) is 33.6 Å². The minimum atomic E-state index is -0.910. The predicted octanol–water partition coefficient (Wildman–Crippen LogP) is 2.84. The summed E-state index contributed by atoms with van der Waals surface area (Å²) < 4.78 is 0. The van der Waals surface area contributed by atoms with Crippen LogP contribution in [0.3, 0.4) is 0 Å². The summed E-state index contributed by atoms with van der Waals surface area (Å²) in [6.45, 7) is 5.74. The van der Waals surface area contributed by atoms with Crippen molar-refractivity contribution in [3.8, 4) is 0 Å². The third-order valence-corrected chi connectivity index (χ3v) is 4.65. The molecule has 2 rings (SSSR count). The van der Waals surface area contributed by atoms with Crippen molar-refractivity contribution < 1.29 is 14.7 Å². The molecule has 108 valence electrons. The topological polar surface area (TPSA) is 79.3 Å². The van der Waals surface area contributed by atoms with E-state index in [2.05, 4.69) is 10.3 Å². The highest BCUT2D eigenvalue weighted by atomic mass is 32.1. The Hall–Kier alpha value is -1.69. The van der Waals surface area contributed by atoms with Gasteiger partial charge in [0.2, 0.25) is 5.91 Å². The highest BCUT2D eigenvalue weighted by Gasteiger charge is 2.37. The van der Waals surface area contributed by atoms with E-state index in [1.165, 1.54) is 11.3 Å². The quantitative estimate of drug-likeness (QED) is 0.840. The maximum absolute atomic E-state index is 12.3. The van der Waals surface area contributed by atoms with Crippen LogP contribution in [0.4, 0.5) is 5.13 Å². The number of rotatable bonds is 3. The zero-order valence-corrected chi connectivity index (χ0v) is 12.6. The molecule has 1 amide bonds. The smallest absolute Gasteiger partial charge is 0.307 e. The molecule has 0 radical (unpaired) electrons. The molecule has 0 bridgehead atoms. The number of carboxylic acids is 1. The molecule has 0 aromatic carbocycles. The number of aryl methyl sites for hydroxylation is 1. The lowest BCUT2D eigenvalue weighted by atomic mass is 9.76. The molecule has 1 aromatic rings. The third kappa shape index (κ3) is 3.07. The van der Waals surface area contributed by atoms with E-state index in [-0.39, 0.29) is 5.91 Å². The molecule has 0 aliphatic heterocycles. The number of carbonyl (C=O) groups is 2. The van der Waals surface area contributed by atoms with Gasteiger partial charge in [-0.3, -0.25) is 9.59 Å². The Morgan fingerprint density at radius 2 is 1.85 bits per heavy atom. The van der Waals surface area contributed by atoms with Gasteiger partial charge in [0.15, 0.2) is 5.13 Å². The molecule has 1 aromatic heterocycles. The number of carbonyl (C=O) groups excluding carboxylic acids is 1. The molecule has 0 fully saturated rings. The van der Waals surface area contributed by atoms with Crippen molar-refractivity contribution in [3.63, 3.8) is 0 Å².